The van der Waals surface area contributed by atoms with E-state index in [1.165, 1.54) is 12.0 Å². The maximum absolute atomic E-state index is 12.7. The van der Waals surface area contributed by atoms with E-state index in [1.807, 2.05) is 30.3 Å². The molecule has 0 radical (unpaired) electrons. The molecule has 1 aliphatic rings. The summed E-state index contributed by atoms with van der Waals surface area (Å²) < 4.78 is 10.9. The molecule has 28 heavy (non-hydrogen) atoms. The molecule has 3 N–H and O–H groups in total. The van der Waals surface area contributed by atoms with E-state index in [9.17, 15) is 4.79 Å². The van der Waals surface area contributed by atoms with Crippen LogP contribution in [0.5, 0.6) is 11.5 Å². The minimum Gasteiger partial charge on any atom is -0.493 e. The van der Waals surface area contributed by atoms with Crippen LogP contribution in [0.1, 0.15) is 53.6 Å². The lowest BCUT2D eigenvalue weighted by Crippen LogP contribution is -2.42. The van der Waals surface area contributed by atoms with Gasteiger partial charge in [-0.25, -0.2) is 0 Å². The van der Waals surface area contributed by atoms with Crippen LogP contribution in [-0.4, -0.2) is 26.7 Å². The van der Waals surface area contributed by atoms with Crippen LogP contribution in [0.3, 0.4) is 0 Å². The molecular weight excluding hydrogens is 352 g/mol. The summed E-state index contributed by atoms with van der Waals surface area (Å²) in [6, 6.07) is 13.6. The molecule has 0 unspecified atom stereocenters. The van der Waals surface area contributed by atoms with Gasteiger partial charge in [-0.05, 0) is 48.2 Å². The highest BCUT2D eigenvalue weighted by Gasteiger charge is 2.35. The number of nitrogens with one attached hydrogen (secondary N) is 1. The number of hydrogen-bond donors (Lipinski definition) is 2. The highest BCUT2D eigenvalue weighted by Crippen LogP contribution is 2.42. The average Bonchev–Trinajstić information content (AvgIpc) is 2.77. The topological polar surface area (TPSA) is 73.6 Å². The molecule has 0 saturated heterocycles. The van der Waals surface area contributed by atoms with Gasteiger partial charge in [0, 0.05) is 24.1 Å². The van der Waals surface area contributed by atoms with Crippen molar-refractivity contribution in [3.05, 3.63) is 59.2 Å². The largest absolute Gasteiger partial charge is 0.493 e. The lowest BCUT2D eigenvalue weighted by molar-refractivity contribution is 0.0936. The van der Waals surface area contributed by atoms with Crippen molar-refractivity contribution in [2.75, 3.05) is 20.8 Å². The molecule has 0 aromatic heterocycles. The molecule has 2 aromatic carbocycles. The monoisotopic (exact) mass is 382 g/mol. The summed E-state index contributed by atoms with van der Waals surface area (Å²) in [4.78, 5) is 12.7. The third-order valence-corrected chi connectivity index (χ3v) is 5.85. The number of nitrogens with two attached hydrogens (primary N) is 1. The molecule has 5 heteroatoms. The number of benzene rings is 2. The van der Waals surface area contributed by atoms with Crippen LogP contribution in [0.15, 0.2) is 42.5 Å². The Bertz CT molecular complexity index is 796. The smallest absolute Gasteiger partial charge is 0.251 e. The van der Waals surface area contributed by atoms with E-state index >= 15 is 0 Å². The van der Waals surface area contributed by atoms with E-state index in [4.69, 9.17) is 15.2 Å². The van der Waals surface area contributed by atoms with Gasteiger partial charge in [0.2, 0.25) is 0 Å². The van der Waals surface area contributed by atoms with Gasteiger partial charge in [-0.1, -0.05) is 37.5 Å². The first-order valence-electron chi connectivity index (χ1n) is 9.91. The average molecular weight is 383 g/mol. The normalized spacial score (nSPS) is 15.7. The number of amides is 1. The number of hydrogen-bond acceptors (Lipinski definition) is 4. The SMILES string of the molecule is COc1ccc(C2(CNC(=O)c3ccc(CN)cc3)CCCCC2)cc1OC. The number of ether oxygens (including phenoxy) is 2. The predicted molar refractivity (Wildman–Crippen MR) is 111 cm³/mol. The van der Waals surface area contributed by atoms with Crippen LogP contribution >= 0.6 is 0 Å². The molecule has 1 aliphatic carbocycles. The molecule has 0 bridgehead atoms. The molecule has 5 nitrogen and oxygen atoms in total. The van der Waals surface area contributed by atoms with Crippen molar-refractivity contribution in [2.24, 2.45) is 5.73 Å². The zero-order chi connectivity index (χ0) is 20.0. The van der Waals surface area contributed by atoms with Crippen molar-refractivity contribution in [1.82, 2.24) is 5.32 Å². The summed E-state index contributed by atoms with van der Waals surface area (Å²) >= 11 is 0. The quantitative estimate of drug-likeness (QED) is 0.764. The Morgan fingerprint density at radius 2 is 1.68 bits per heavy atom. The molecule has 3 rings (SSSR count). The van der Waals surface area contributed by atoms with Gasteiger partial charge in [0.15, 0.2) is 11.5 Å². The zero-order valence-electron chi connectivity index (χ0n) is 16.8. The molecule has 1 saturated carbocycles. The lowest BCUT2D eigenvalue weighted by Gasteiger charge is -2.38. The third-order valence-electron chi connectivity index (χ3n) is 5.85. The van der Waals surface area contributed by atoms with E-state index in [1.54, 1.807) is 14.2 Å². The summed E-state index contributed by atoms with van der Waals surface area (Å²) in [7, 11) is 3.30. The van der Waals surface area contributed by atoms with Crippen LogP contribution in [0.2, 0.25) is 0 Å². The van der Waals surface area contributed by atoms with Crippen LogP contribution < -0.4 is 20.5 Å². The summed E-state index contributed by atoms with van der Waals surface area (Å²) in [5, 5.41) is 3.17. The Morgan fingerprint density at radius 3 is 2.29 bits per heavy atom. The summed E-state index contributed by atoms with van der Waals surface area (Å²) in [5.41, 5.74) is 8.44. The second-order valence-electron chi connectivity index (χ2n) is 7.49. The van der Waals surface area contributed by atoms with Crippen LogP contribution in [0, 0.1) is 0 Å². The van der Waals surface area contributed by atoms with E-state index < -0.39 is 0 Å². The molecule has 0 spiro atoms. The van der Waals surface area contributed by atoms with Gasteiger partial charge in [0.1, 0.15) is 0 Å². The Hall–Kier alpha value is -2.53. The van der Waals surface area contributed by atoms with Gasteiger partial charge in [0.25, 0.3) is 5.91 Å². The lowest BCUT2D eigenvalue weighted by atomic mass is 9.69. The second-order valence-corrected chi connectivity index (χ2v) is 7.49. The Kier molecular flexibility index (Phi) is 6.57. The van der Waals surface area contributed by atoms with Crippen molar-refractivity contribution in [1.29, 1.82) is 0 Å². The fourth-order valence-electron chi connectivity index (χ4n) is 4.11. The van der Waals surface area contributed by atoms with Crippen molar-refractivity contribution in [3.63, 3.8) is 0 Å². The number of methoxy groups -OCH3 is 2. The van der Waals surface area contributed by atoms with Crippen LogP contribution in [-0.2, 0) is 12.0 Å². The molecule has 0 aliphatic heterocycles. The minimum absolute atomic E-state index is 0.0472. The van der Waals surface area contributed by atoms with Gasteiger partial charge in [-0.3, -0.25) is 4.79 Å². The van der Waals surface area contributed by atoms with E-state index in [-0.39, 0.29) is 11.3 Å². The fraction of sp³-hybridized carbons (Fsp3) is 0.435. The maximum atomic E-state index is 12.7. The highest BCUT2D eigenvalue weighted by molar-refractivity contribution is 5.94. The van der Waals surface area contributed by atoms with Gasteiger partial charge < -0.3 is 20.5 Å². The second kappa shape index (κ2) is 9.11. The molecule has 1 fully saturated rings. The zero-order valence-corrected chi connectivity index (χ0v) is 16.8. The molecule has 150 valence electrons. The first-order chi connectivity index (χ1) is 13.6. The maximum Gasteiger partial charge on any atom is 0.251 e. The Morgan fingerprint density at radius 1 is 1.00 bits per heavy atom. The first kappa shape index (κ1) is 20.2. The standard InChI is InChI=1S/C23H30N2O3/c1-27-20-11-10-19(14-21(20)28-2)23(12-4-3-5-13-23)16-25-22(26)18-8-6-17(15-24)7-9-18/h6-11,14H,3-5,12-13,15-16,24H2,1-2H3,(H,25,26). The third kappa shape index (κ3) is 4.30. The van der Waals surface area contributed by atoms with E-state index in [0.29, 0.717) is 18.7 Å². The van der Waals surface area contributed by atoms with Crippen molar-refractivity contribution >= 4 is 5.91 Å². The van der Waals surface area contributed by atoms with Crippen LogP contribution in [0.25, 0.3) is 0 Å². The van der Waals surface area contributed by atoms with Crippen molar-refractivity contribution in [3.8, 4) is 11.5 Å². The molecule has 0 heterocycles. The van der Waals surface area contributed by atoms with Crippen molar-refractivity contribution in [2.45, 2.75) is 44.1 Å². The molecule has 1 amide bonds. The minimum atomic E-state index is -0.0787. The summed E-state index contributed by atoms with van der Waals surface area (Å²) in [5.74, 6) is 1.41. The van der Waals surface area contributed by atoms with Gasteiger partial charge in [-0.2, -0.15) is 0 Å². The van der Waals surface area contributed by atoms with Gasteiger partial charge >= 0.3 is 0 Å². The molecule has 2 aromatic rings. The van der Waals surface area contributed by atoms with E-state index in [2.05, 4.69) is 17.4 Å². The predicted octanol–water partition coefficient (Wildman–Crippen LogP) is 3.79. The number of carbonyl (C=O) groups is 1. The summed E-state index contributed by atoms with van der Waals surface area (Å²) in [6.45, 7) is 1.09. The van der Waals surface area contributed by atoms with E-state index in [0.717, 1.165) is 42.7 Å². The van der Waals surface area contributed by atoms with Gasteiger partial charge in [-0.15, -0.1) is 0 Å². The van der Waals surface area contributed by atoms with Crippen LogP contribution in [0.4, 0.5) is 0 Å². The number of rotatable bonds is 7. The first-order valence-corrected chi connectivity index (χ1v) is 9.91. The summed E-state index contributed by atoms with van der Waals surface area (Å²) in [6.07, 6.45) is 5.66. The van der Waals surface area contributed by atoms with Gasteiger partial charge in [0.05, 0.1) is 14.2 Å². The van der Waals surface area contributed by atoms with Crippen molar-refractivity contribution < 1.29 is 14.3 Å². The Labute approximate surface area is 167 Å². The number of carbonyl (C=O) groups excluding carboxylic acids is 1. The highest BCUT2D eigenvalue weighted by atomic mass is 16.5. The molecular formula is C23H30N2O3. The Balaban J connectivity index is 1.80. The fourth-order valence-corrected chi connectivity index (χ4v) is 4.11. The molecule has 0 atom stereocenters.